The van der Waals surface area contributed by atoms with E-state index in [-0.39, 0.29) is 18.1 Å². The Morgan fingerprint density at radius 1 is 0.719 bits per heavy atom. The number of hydrogen-bond acceptors (Lipinski definition) is 3. The zero-order valence-corrected chi connectivity index (χ0v) is 17.1. The van der Waals surface area contributed by atoms with Crippen molar-refractivity contribution in [1.29, 1.82) is 0 Å². The molecule has 3 rings (SSSR count). The Labute approximate surface area is 183 Å². The Hall–Kier alpha value is -3.81. The molecule has 0 aliphatic rings. The minimum absolute atomic E-state index is 0.0612. The summed E-state index contributed by atoms with van der Waals surface area (Å²) in [5.74, 6) is -0.630. The second-order valence-corrected chi connectivity index (χ2v) is 7.09. The summed E-state index contributed by atoms with van der Waals surface area (Å²) >= 11 is 0. The molecule has 0 saturated heterocycles. The molecule has 0 fully saturated rings. The van der Waals surface area contributed by atoms with Gasteiger partial charge in [-0.05, 0) is 48.4 Å². The van der Waals surface area contributed by atoms with E-state index >= 15 is 0 Å². The smallest absolute Gasteiger partial charge is 0.376 e. The van der Waals surface area contributed by atoms with Gasteiger partial charge in [0.2, 0.25) is 11.8 Å². The zero-order valence-electron chi connectivity index (χ0n) is 17.1. The topological polar surface area (TPSA) is 70.2 Å². The van der Waals surface area contributed by atoms with E-state index in [0.717, 1.165) is 17.7 Å². The van der Waals surface area contributed by atoms with Crippen LogP contribution in [0, 0.1) is 0 Å². The van der Waals surface area contributed by atoms with Crippen LogP contribution in [0.4, 0.5) is 30.2 Å². The lowest BCUT2D eigenvalue weighted by Crippen LogP contribution is -2.22. The highest BCUT2D eigenvalue weighted by Crippen LogP contribution is 2.30. The zero-order chi connectivity index (χ0) is 23.0. The van der Waals surface area contributed by atoms with Crippen LogP contribution in [0.2, 0.25) is 0 Å². The fraction of sp³-hybridized carbons (Fsp3) is 0.167. The molecule has 32 heavy (non-hydrogen) atoms. The van der Waals surface area contributed by atoms with Gasteiger partial charge in [-0.2, -0.15) is 13.2 Å². The molecule has 0 saturated carbocycles. The molecule has 3 aromatic rings. The minimum atomic E-state index is -4.48. The lowest BCUT2D eigenvalue weighted by Gasteiger charge is -2.11. The van der Waals surface area contributed by atoms with E-state index in [1.54, 1.807) is 24.3 Å². The van der Waals surface area contributed by atoms with Crippen LogP contribution in [-0.4, -0.2) is 18.4 Å². The minimum Gasteiger partial charge on any atom is -0.376 e. The van der Waals surface area contributed by atoms with Gasteiger partial charge in [0.15, 0.2) is 0 Å². The predicted octanol–water partition coefficient (Wildman–Crippen LogP) is 5.33. The van der Waals surface area contributed by atoms with Crippen LogP contribution in [-0.2, 0) is 22.2 Å². The van der Waals surface area contributed by atoms with Crippen LogP contribution < -0.4 is 16.0 Å². The van der Waals surface area contributed by atoms with Crippen molar-refractivity contribution in [3.63, 3.8) is 0 Å². The van der Waals surface area contributed by atoms with E-state index in [1.807, 2.05) is 30.3 Å². The molecule has 0 aliphatic carbocycles. The molecule has 166 valence electrons. The fourth-order valence-electron chi connectivity index (χ4n) is 2.99. The van der Waals surface area contributed by atoms with Gasteiger partial charge in [0.05, 0.1) is 12.1 Å². The number of hydrogen-bond donors (Lipinski definition) is 3. The summed E-state index contributed by atoms with van der Waals surface area (Å²) in [4.78, 5) is 24.3. The lowest BCUT2D eigenvalue weighted by atomic mass is 10.1. The van der Waals surface area contributed by atoms with Gasteiger partial charge >= 0.3 is 6.18 Å². The van der Waals surface area contributed by atoms with Gasteiger partial charge in [0, 0.05) is 23.5 Å². The maximum Gasteiger partial charge on any atom is 0.416 e. The number of nitrogens with one attached hydrogen (secondary N) is 3. The van der Waals surface area contributed by atoms with Crippen LogP contribution in [0.3, 0.4) is 0 Å². The van der Waals surface area contributed by atoms with Crippen molar-refractivity contribution in [2.75, 3.05) is 22.5 Å². The average molecular weight is 441 g/mol. The Kier molecular flexibility index (Phi) is 7.49. The molecule has 0 spiro atoms. The molecule has 5 nitrogen and oxygen atoms in total. The molecule has 0 bridgehead atoms. The number of alkyl halides is 3. The third kappa shape index (κ3) is 7.16. The maximum absolute atomic E-state index is 12.8. The highest BCUT2D eigenvalue weighted by atomic mass is 19.4. The van der Waals surface area contributed by atoms with E-state index in [1.165, 1.54) is 12.1 Å². The standard InChI is InChI=1S/C24H22F3N3O2/c25-24(26,27)18-8-4-10-20(14-18)30-23(32)16-28-19-9-5-11-21(15-19)29-22(31)13-12-17-6-2-1-3-7-17/h1-11,14-15,28H,12-13,16H2,(H,29,31)(H,30,32). The Morgan fingerprint density at radius 2 is 1.34 bits per heavy atom. The number of anilines is 3. The van der Waals surface area contributed by atoms with Gasteiger partial charge in [-0.3, -0.25) is 9.59 Å². The van der Waals surface area contributed by atoms with Crippen molar-refractivity contribution in [3.05, 3.63) is 90.0 Å². The van der Waals surface area contributed by atoms with Crippen molar-refractivity contribution < 1.29 is 22.8 Å². The Balaban J connectivity index is 1.49. The van der Waals surface area contributed by atoms with Crippen molar-refractivity contribution in [2.45, 2.75) is 19.0 Å². The SMILES string of the molecule is O=C(CCc1ccccc1)Nc1cccc(NCC(=O)Nc2cccc(C(F)(F)F)c2)c1. The van der Waals surface area contributed by atoms with Gasteiger partial charge in [0.1, 0.15) is 0 Å². The van der Waals surface area contributed by atoms with E-state index in [9.17, 15) is 22.8 Å². The first-order valence-electron chi connectivity index (χ1n) is 9.94. The molecule has 0 aromatic heterocycles. The molecule has 0 heterocycles. The summed E-state index contributed by atoms with van der Waals surface area (Å²) in [5.41, 5.74) is 1.46. The molecular formula is C24H22F3N3O2. The maximum atomic E-state index is 12.8. The summed E-state index contributed by atoms with van der Waals surface area (Å²) in [6, 6.07) is 21.0. The molecule has 3 aromatic carbocycles. The normalized spacial score (nSPS) is 11.0. The average Bonchev–Trinajstić information content (AvgIpc) is 2.77. The quantitative estimate of drug-likeness (QED) is 0.443. The molecule has 2 amide bonds. The highest BCUT2D eigenvalue weighted by molar-refractivity contribution is 5.94. The predicted molar refractivity (Wildman–Crippen MR) is 118 cm³/mol. The molecule has 0 aliphatic heterocycles. The third-order valence-corrected chi connectivity index (χ3v) is 4.56. The van der Waals surface area contributed by atoms with Crippen LogP contribution in [0.1, 0.15) is 17.5 Å². The first-order valence-corrected chi connectivity index (χ1v) is 9.94. The largest absolute Gasteiger partial charge is 0.416 e. The first-order chi connectivity index (χ1) is 15.3. The van der Waals surface area contributed by atoms with Gasteiger partial charge in [-0.1, -0.05) is 42.5 Å². The molecule has 0 radical (unpaired) electrons. The summed E-state index contributed by atoms with van der Waals surface area (Å²) in [6.45, 7) is -0.151. The summed E-state index contributed by atoms with van der Waals surface area (Å²) in [5, 5.41) is 8.14. The van der Waals surface area contributed by atoms with Crippen LogP contribution in [0.25, 0.3) is 0 Å². The third-order valence-electron chi connectivity index (χ3n) is 4.56. The van der Waals surface area contributed by atoms with E-state index in [2.05, 4.69) is 16.0 Å². The number of carbonyl (C=O) groups is 2. The van der Waals surface area contributed by atoms with E-state index in [4.69, 9.17) is 0 Å². The van der Waals surface area contributed by atoms with Crippen LogP contribution in [0.5, 0.6) is 0 Å². The number of rotatable bonds is 8. The summed E-state index contributed by atoms with van der Waals surface area (Å²) in [7, 11) is 0. The number of carbonyl (C=O) groups excluding carboxylic acids is 2. The highest BCUT2D eigenvalue weighted by Gasteiger charge is 2.30. The van der Waals surface area contributed by atoms with Crippen LogP contribution >= 0.6 is 0 Å². The van der Waals surface area contributed by atoms with Crippen LogP contribution in [0.15, 0.2) is 78.9 Å². The summed E-state index contributed by atoms with van der Waals surface area (Å²) in [6.07, 6.45) is -3.52. The molecule has 0 atom stereocenters. The van der Waals surface area contributed by atoms with Gasteiger partial charge in [-0.15, -0.1) is 0 Å². The second-order valence-electron chi connectivity index (χ2n) is 7.09. The number of aryl methyl sites for hydroxylation is 1. The molecule has 0 unspecified atom stereocenters. The Morgan fingerprint density at radius 3 is 2.06 bits per heavy atom. The van der Waals surface area contributed by atoms with Gasteiger partial charge in [0.25, 0.3) is 0 Å². The molecule has 8 heteroatoms. The van der Waals surface area contributed by atoms with Crippen molar-refractivity contribution in [1.82, 2.24) is 0 Å². The van der Waals surface area contributed by atoms with Crippen molar-refractivity contribution in [3.8, 4) is 0 Å². The van der Waals surface area contributed by atoms with E-state index in [0.29, 0.717) is 24.2 Å². The first kappa shape index (κ1) is 22.9. The van der Waals surface area contributed by atoms with Crippen molar-refractivity contribution in [2.24, 2.45) is 0 Å². The monoisotopic (exact) mass is 441 g/mol. The van der Waals surface area contributed by atoms with Gasteiger partial charge in [-0.25, -0.2) is 0 Å². The molecular weight excluding hydrogens is 419 g/mol. The number of halogens is 3. The van der Waals surface area contributed by atoms with Gasteiger partial charge < -0.3 is 16.0 Å². The summed E-state index contributed by atoms with van der Waals surface area (Å²) < 4.78 is 38.3. The fourth-order valence-corrected chi connectivity index (χ4v) is 2.99. The number of benzene rings is 3. The Bertz CT molecular complexity index is 1070. The van der Waals surface area contributed by atoms with E-state index < -0.39 is 17.6 Å². The molecule has 3 N–H and O–H groups in total. The number of amides is 2. The van der Waals surface area contributed by atoms with Crippen molar-refractivity contribution >= 4 is 28.9 Å². The lowest BCUT2D eigenvalue weighted by molar-refractivity contribution is -0.137. The second kappa shape index (κ2) is 10.5.